The molecule has 0 radical (unpaired) electrons. The van der Waals surface area contributed by atoms with E-state index in [-0.39, 0.29) is 28.4 Å². The molecule has 180 valence electrons. The van der Waals surface area contributed by atoms with E-state index in [1.165, 1.54) is 24.8 Å². The van der Waals surface area contributed by atoms with Crippen LogP contribution in [0.1, 0.15) is 48.2 Å². The van der Waals surface area contributed by atoms with Crippen LogP contribution in [0.15, 0.2) is 35.3 Å². The third-order valence-corrected chi connectivity index (χ3v) is 6.94. The molecule has 0 bridgehead atoms. The van der Waals surface area contributed by atoms with Gasteiger partial charge in [-0.05, 0) is 37.8 Å². The maximum Gasteiger partial charge on any atom is 0.420 e. The number of carbonyl (C=O) groups is 2. The van der Waals surface area contributed by atoms with Crippen LogP contribution in [-0.4, -0.2) is 56.7 Å². The van der Waals surface area contributed by atoms with Crippen LogP contribution in [-0.2, 0) is 11.0 Å². The van der Waals surface area contributed by atoms with Crippen LogP contribution in [0.2, 0.25) is 5.15 Å². The number of pyridine rings is 1. The van der Waals surface area contributed by atoms with Crippen molar-refractivity contribution in [3.63, 3.8) is 0 Å². The van der Waals surface area contributed by atoms with Crippen molar-refractivity contribution in [2.45, 2.75) is 44.3 Å². The molecule has 2 saturated heterocycles. The highest BCUT2D eigenvalue weighted by atomic mass is 35.5. The molecule has 2 aliphatic rings. The number of fused-ring (bicyclic) bond motifs is 1. The number of piperidine rings is 2. The lowest BCUT2D eigenvalue weighted by Crippen LogP contribution is -2.50. The average molecular weight is 495 g/mol. The van der Waals surface area contributed by atoms with Gasteiger partial charge in [0.15, 0.2) is 11.3 Å². The van der Waals surface area contributed by atoms with Gasteiger partial charge in [0.1, 0.15) is 5.15 Å². The van der Waals surface area contributed by atoms with E-state index in [0.29, 0.717) is 37.9 Å². The molecule has 0 spiro atoms. The molecule has 2 fully saturated rings. The molecular formula is C23H22ClF3N4O3. The van der Waals surface area contributed by atoms with Crippen molar-refractivity contribution in [3.05, 3.63) is 47.3 Å². The normalized spacial score (nSPS) is 18.2. The number of hydrogen-bond acceptors (Lipinski definition) is 4. The predicted molar refractivity (Wildman–Crippen MR) is 117 cm³/mol. The first-order valence-corrected chi connectivity index (χ1v) is 11.5. The fraction of sp³-hybridized carbons (Fsp3) is 0.435. The van der Waals surface area contributed by atoms with Crippen LogP contribution < -0.4 is 0 Å². The van der Waals surface area contributed by atoms with Crippen LogP contribution >= 0.6 is 11.6 Å². The molecule has 5 heterocycles. The van der Waals surface area contributed by atoms with Gasteiger partial charge in [0.2, 0.25) is 5.91 Å². The summed E-state index contributed by atoms with van der Waals surface area (Å²) in [5.41, 5.74) is -0.960. The summed E-state index contributed by atoms with van der Waals surface area (Å²) >= 11 is 6.41. The number of aromatic nitrogens is 2. The number of carbonyl (C=O) groups excluding carboxylic acids is 2. The van der Waals surface area contributed by atoms with Crippen molar-refractivity contribution >= 4 is 29.1 Å². The van der Waals surface area contributed by atoms with Crippen molar-refractivity contribution in [3.8, 4) is 11.1 Å². The van der Waals surface area contributed by atoms with Crippen molar-refractivity contribution in [2.24, 2.45) is 0 Å². The highest BCUT2D eigenvalue weighted by Crippen LogP contribution is 2.37. The lowest BCUT2D eigenvalue weighted by molar-refractivity contribution is -0.137. The zero-order valence-electron chi connectivity index (χ0n) is 18.1. The summed E-state index contributed by atoms with van der Waals surface area (Å²) in [5.74, 6) is -0.373. The van der Waals surface area contributed by atoms with Gasteiger partial charge < -0.3 is 14.2 Å². The predicted octanol–water partition coefficient (Wildman–Crippen LogP) is 4.88. The Morgan fingerprint density at radius 1 is 1.15 bits per heavy atom. The number of rotatable bonds is 3. The maximum absolute atomic E-state index is 13.8. The molecule has 0 atom stereocenters. The number of furan rings is 1. The number of halogens is 4. The fourth-order valence-corrected chi connectivity index (χ4v) is 5.04. The Kier molecular flexibility index (Phi) is 5.79. The van der Waals surface area contributed by atoms with Gasteiger partial charge >= 0.3 is 6.18 Å². The minimum absolute atomic E-state index is 0.0720. The lowest BCUT2D eigenvalue weighted by atomic mass is 9.99. The monoisotopic (exact) mass is 494 g/mol. The Morgan fingerprint density at radius 3 is 2.56 bits per heavy atom. The van der Waals surface area contributed by atoms with Gasteiger partial charge in [0.25, 0.3) is 5.91 Å². The number of amides is 2. The first-order chi connectivity index (χ1) is 16.2. The Morgan fingerprint density at radius 2 is 1.91 bits per heavy atom. The second-order valence-corrected chi connectivity index (χ2v) is 9.02. The van der Waals surface area contributed by atoms with Gasteiger partial charge in [-0.3, -0.25) is 14.0 Å². The Balaban J connectivity index is 1.43. The number of alkyl halides is 3. The molecular weight excluding hydrogens is 473 g/mol. The molecule has 34 heavy (non-hydrogen) atoms. The van der Waals surface area contributed by atoms with E-state index in [9.17, 15) is 22.8 Å². The summed E-state index contributed by atoms with van der Waals surface area (Å²) < 4.78 is 47.6. The van der Waals surface area contributed by atoms with Crippen LogP contribution in [0.4, 0.5) is 13.2 Å². The van der Waals surface area contributed by atoms with Crippen molar-refractivity contribution in [2.75, 3.05) is 19.6 Å². The minimum atomic E-state index is -4.70. The Hall–Kier alpha value is -3.01. The Labute approximate surface area is 198 Å². The fourth-order valence-electron chi connectivity index (χ4n) is 4.79. The van der Waals surface area contributed by atoms with E-state index in [1.807, 2.05) is 4.90 Å². The van der Waals surface area contributed by atoms with Crippen LogP contribution in [0.25, 0.3) is 16.8 Å². The van der Waals surface area contributed by atoms with E-state index in [4.69, 9.17) is 16.0 Å². The smallest absolute Gasteiger partial charge is 0.420 e. The van der Waals surface area contributed by atoms with Gasteiger partial charge in [0.05, 0.1) is 18.1 Å². The highest BCUT2D eigenvalue weighted by Gasteiger charge is 2.37. The quantitative estimate of drug-likeness (QED) is 0.520. The zero-order chi connectivity index (χ0) is 24.0. The van der Waals surface area contributed by atoms with Crippen LogP contribution in [0.5, 0.6) is 0 Å². The van der Waals surface area contributed by atoms with E-state index in [0.717, 1.165) is 29.9 Å². The topological polar surface area (TPSA) is 71.1 Å². The van der Waals surface area contributed by atoms with E-state index < -0.39 is 23.3 Å². The van der Waals surface area contributed by atoms with Gasteiger partial charge in [-0.15, -0.1) is 0 Å². The molecule has 2 amide bonds. The molecule has 0 saturated carbocycles. The van der Waals surface area contributed by atoms with Crippen LogP contribution in [0, 0.1) is 0 Å². The van der Waals surface area contributed by atoms with Gasteiger partial charge in [-0.25, -0.2) is 4.98 Å². The molecule has 0 N–H and O–H groups in total. The molecule has 3 aromatic rings. The maximum atomic E-state index is 13.8. The summed E-state index contributed by atoms with van der Waals surface area (Å²) in [5, 5.41) is -0.177. The second-order valence-electron chi connectivity index (χ2n) is 8.66. The molecule has 7 nitrogen and oxygen atoms in total. The van der Waals surface area contributed by atoms with Crippen molar-refractivity contribution in [1.82, 2.24) is 19.2 Å². The van der Waals surface area contributed by atoms with Crippen molar-refractivity contribution in [1.29, 1.82) is 0 Å². The Bertz CT molecular complexity index is 1230. The SMILES string of the molecule is O=C(c1nc2c(C(F)(F)F)cc(-c3ccoc3)cn2c1Cl)N1CCC(N2CCCCC2=O)CC1. The third kappa shape index (κ3) is 4.04. The second kappa shape index (κ2) is 8.65. The zero-order valence-corrected chi connectivity index (χ0v) is 18.9. The summed E-state index contributed by atoms with van der Waals surface area (Å²) in [6.45, 7) is 1.49. The largest absolute Gasteiger partial charge is 0.472 e. The summed E-state index contributed by atoms with van der Waals surface area (Å²) in [7, 11) is 0. The number of imidazole rings is 1. The van der Waals surface area contributed by atoms with E-state index in [2.05, 4.69) is 4.98 Å². The highest BCUT2D eigenvalue weighted by molar-refractivity contribution is 6.33. The number of likely N-dealkylation sites (tertiary alicyclic amines) is 2. The first-order valence-electron chi connectivity index (χ1n) is 11.1. The van der Waals surface area contributed by atoms with E-state index >= 15 is 0 Å². The minimum Gasteiger partial charge on any atom is -0.472 e. The summed E-state index contributed by atoms with van der Waals surface area (Å²) in [4.78, 5) is 32.9. The average Bonchev–Trinajstić information content (AvgIpc) is 3.47. The van der Waals surface area contributed by atoms with Gasteiger partial charge in [-0.1, -0.05) is 11.6 Å². The summed E-state index contributed by atoms with van der Waals surface area (Å²) in [6, 6.07) is 2.58. The molecule has 2 aliphatic heterocycles. The van der Waals surface area contributed by atoms with E-state index in [1.54, 1.807) is 4.90 Å². The lowest BCUT2D eigenvalue weighted by Gasteiger charge is -2.40. The molecule has 5 rings (SSSR count). The molecule has 0 aliphatic carbocycles. The standard InChI is InChI=1S/C23H22ClF3N4O3/c24-20-19(22(33)29-8-4-16(5-9-29)30-7-2-1-3-18(30)32)28-21-17(23(25,26)27)11-15(12-31(20)21)14-6-10-34-13-14/h6,10-13,16H,1-5,7-9H2. The number of hydrogen-bond donors (Lipinski definition) is 0. The number of nitrogens with zero attached hydrogens (tertiary/aromatic N) is 4. The molecule has 0 unspecified atom stereocenters. The molecule has 11 heteroatoms. The van der Waals surface area contributed by atoms with Gasteiger partial charge in [0, 0.05) is 49.4 Å². The third-order valence-electron chi connectivity index (χ3n) is 6.58. The molecule has 3 aromatic heterocycles. The van der Waals surface area contributed by atoms with Crippen molar-refractivity contribution < 1.29 is 27.2 Å². The first kappa shape index (κ1) is 22.8. The van der Waals surface area contributed by atoms with Crippen LogP contribution in [0.3, 0.4) is 0 Å². The van der Waals surface area contributed by atoms with Gasteiger partial charge in [-0.2, -0.15) is 13.2 Å². The summed E-state index contributed by atoms with van der Waals surface area (Å²) in [6.07, 6.45) is 3.06. The molecule has 0 aromatic carbocycles.